The number of aliphatic hydroxyl groups is 1. The molecule has 0 aromatic heterocycles. The van der Waals surface area contributed by atoms with Gasteiger partial charge in [0.15, 0.2) is 0 Å². The van der Waals surface area contributed by atoms with Gasteiger partial charge in [0.2, 0.25) is 10.0 Å². The number of aliphatic hydroxyl groups excluding tert-OH is 1. The van der Waals surface area contributed by atoms with Crippen molar-refractivity contribution in [3.05, 3.63) is 23.8 Å². The molecule has 0 saturated heterocycles. The number of thioether (sulfide) groups is 1. The van der Waals surface area contributed by atoms with E-state index in [9.17, 15) is 8.42 Å². The van der Waals surface area contributed by atoms with Gasteiger partial charge in [0, 0.05) is 24.3 Å². The minimum Gasteiger partial charge on any atom is -0.495 e. The minimum atomic E-state index is -3.63. The highest BCUT2D eigenvalue weighted by atomic mass is 32.2. The number of ether oxygens (including phenoxy) is 1. The average Bonchev–Trinajstić information content (AvgIpc) is 2.47. The fourth-order valence-electron chi connectivity index (χ4n) is 1.54. The molecule has 2 N–H and O–H groups in total. The Bertz CT molecular complexity index is 618. The van der Waals surface area contributed by atoms with Gasteiger partial charge in [-0.15, -0.1) is 0 Å². The van der Waals surface area contributed by atoms with E-state index in [0.717, 1.165) is 0 Å². The van der Waals surface area contributed by atoms with E-state index in [-0.39, 0.29) is 17.3 Å². The summed E-state index contributed by atoms with van der Waals surface area (Å²) in [6.45, 7) is 0.331. The second kappa shape index (κ2) is 8.95. The molecule has 0 radical (unpaired) electrons. The van der Waals surface area contributed by atoms with Crippen molar-refractivity contribution in [1.82, 2.24) is 4.72 Å². The molecular formula is C14H19NO4S2. The zero-order chi connectivity index (χ0) is 15.7. The molecule has 0 aliphatic carbocycles. The van der Waals surface area contributed by atoms with E-state index in [1.54, 1.807) is 23.9 Å². The third kappa shape index (κ3) is 5.59. The van der Waals surface area contributed by atoms with Gasteiger partial charge < -0.3 is 9.84 Å². The first-order valence-electron chi connectivity index (χ1n) is 6.31. The number of rotatable bonds is 7. The molecule has 5 nitrogen and oxygen atoms in total. The van der Waals surface area contributed by atoms with Crippen molar-refractivity contribution in [3.63, 3.8) is 0 Å². The number of methoxy groups -OCH3 is 1. The van der Waals surface area contributed by atoms with Crippen molar-refractivity contribution in [1.29, 1.82) is 0 Å². The SMILES string of the molecule is COc1ccc(C#CCCO)cc1S(=O)(=O)NCCSC. The van der Waals surface area contributed by atoms with Crippen LogP contribution in [0, 0.1) is 11.8 Å². The van der Waals surface area contributed by atoms with Gasteiger partial charge in [0.05, 0.1) is 13.7 Å². The standard InChI is InChI=1S/C14H19NO4S2/c1-19-13-7-6-12(5-3-4-9-16)11-14(13)21(17,18)15-8-10-20-2/h6-7,11,15-16H,4,8-10H2,1-2H3. The van der Waals surface area contributed by atoms with Crippen LogP contribution in [0.15, 0.2) is 23.1 Å². The monoisotopic (exact) mass is 329 g/mol. The number of benzene rings is 1. The summed E-state index contributed by atoms with van der Waals surface area (Å²) in [5.41, 5.74) is 0.564. The molecule has 0 atom stereocenters. The molecule has 0 amide bonds. The molecule has 1 rings (SSSR count). The number of hydrogen-bond donors (Lipinski definition) is 2. The maximum atomic E-state index is 12.3. The van der Waals surface area contributed by atoms with Gasteiger partial charge in [-0.05, 0) is 24.5 Å². The highest BCUT2D eigenvalue weighted by Gasteiger charge is 2.19. The summed E-state index contributed by atoms with van der Waals surface area (Å²) < 4.78 is 32.2. The van der Waals surface area contributed by atoms with Gasteiger partial charge in [-0.3, -0.25) is 0 Å². The van der Waals surface area contributed by atoms with Crippen LogP contribution in [0.5, 0.6) is 5.75 Å². The lowest BCUT2D eigenvalue weighted by molar-refractivity contribution is 0.305. The summed E-state index contributed by atoms with van der Waals surface area (Å²) in [4.78, 5) is 0.0712. The van der Waals surface area contributed by atoms with Crippen LogP contribution in [0.25, 0.3) is 0 Å². The zero-order valence-corrected chi connectivity index (χ0v) is 13.7. The third-order valence-electron chi connectivity index (χ3n) is 2.52. The van der Waals surface area contributed by atoms with E-state index in [4.69, 9.17) is 9.84 Å². The predicted octanol–water partition coefficient (Wildman–Crippen LogP) is 1.07. The van der Waals surface area contributed by atoms with Crippen LogP contribution in [0.3, 0.4) is 0 Å². The molecule has 0 unspecified atom stereocenters. The Hall–Kier alpha value is -1.20. The van der Waals surface area contributed by atoms with E-state index >= 15 is 0 Å². The molecule has 116 valence electrons. The quantitative estimate of drug-likeness (QED) is 0.578. The summed E-state index contributed by atoms with van der Waals surface area (Å²) in [7, 11) is -2.21. The first-order chi connectivity index (χ1) is 10.0. The zero-order valence-electron chi connectivity index (χ0n) is 12.0. The molecule has 0 saturated carbocycles. The van der Waals surface area contributed by atoms with Crippen LogP contribution >= 0.6 is 11.8 Å². The second-order valence-corrected chi connectivity index (χ2v) is 6.75. The molecule has 0 bridgehead atoms. The van der Waals surface area contributed by atoms with Crippen molar-refractivity contribution in [3.8, 4) is 17.6 Å². The van der Waals surface area contributed by atoms with E-state index in [1.165, 1.54) is 13.2 Å². The van der Waals surface area contributed by atoms with Gasteiger partial charge in [-0.1, -0.05) is 11.8 Å². The maximum absolute atomic E-state index is 12.3. The van der Waals surface area contributed by atoms with Crippen LogP contribution in [-0.4, -0.2) is 45.8 Å². The topological polar surface area (TPSA) is 75.6 Å². The molecule has 7 heteroatoms. The fourth-order valence-corrected chi connectivity index (χ4v) is 3.20. The van der Waals surface area contributed by atoms with E-state index < -0.39 is 10.0 Å². The van der Waals surface area contributed by atoms with Gasteiger partial charge >= 0.3 is 0 Å². The van der Waals surface area contributed by atoms with Gasteiger partial charge in [0.1, 0.15) is 10.6 Å². The Morgan fingerprint density at radius 1 is 1.43 bits per heavy atom. The molecular weight excluding hydrogens is 310 g/mol. The Balaban J connectivity index is 3.08. The molecule has 0 aliphatic heterocycles. The molecule has 0 heterocycles. The summed E-state index contributed by atoms with van der Waals surface area (Å²) in [5.74, 6) is 6.54. The highest BCUT2D eigenvalue weighted by Crippen LogP contribution is 2.24. The van der Waals surface area contributed by atoms with Gasteiger partial charge in [0.25, 0.3) is 0 Å². The molecule has 0 spiro atoms. The summed E-state index contributed by atoms with van der Waals surface area (Å²) in [6.07, 6.45) is 2.26. The van der Waals surface area contributed by atoms with Crippen LogP contribution in [0.4, 0.5) is 0 Å². The lowest BCUT2D eigenvalue weighted by Gasteiger charge is -2.10. The van der Waals surface area contributed by atoms with Gasteiger partial charge in [-0.25, -0.2) is 13.1 Å². The number of nitrogens with one attached hydrogen (secondary N) is 1. The van der Waals surface area contributed by atoms with E-state index in [1.807, 2.05) is 6.26 Å². The fraction of sp³-hybridized carbons (Fsp3) is 0.429. The Labute approximate surface area is 130 Å². The second-order valence-electron chi connectivity index (χ2n) is 4.03. The molecule has 0 aliphatic rings. The van der Waals surface area contributed by atoms with Crippen molar-refractivity contribution >= 4 is 21.8 Å². The molecule has 0 fully saturated rings. The summed E-state index contributed by atoms with van der Waals surface area (Å²) >= 11 is 1.56. The summed E-state index contributed by atoms with van der Waals surface area (Å²) in [6, 6.07) is 4.74. The van der Waals surface area contributed by atoms with E-state index in [0.29, 0.717) is 24.3 Å². The molecule has 1 aromatic rings. The number of sulfonamides is 1. The minimum absolute atomic E-state index is 0.0233. The number of hydrogen-bond acceptors (Lipinski definition) is 5. The van der Waals surface area contributed by atoms with Crippen LogP contribution in [0.1, 0.15) is 12.0 Å². The lowest BCUT2D eigenvalue weighted by atomic mass is 10.2. The van der Waals surface area contributed by atoms with Crippen molar-refractivity contribution < 1.29 is 18.3 Å². The molecule has 1 aromatic carbocycles. The highest BCUT2D eigenvalue weighted by molar-refractivity contribution is 7.98. The first kappa shape index (κ1) is 17.9. The maximum Gasteiger partial charge on any atom is 0.244 e. The normalized spacial score (nSPS) is 10.8. The Kier molecular flexibility index (Phi) is 7.61. The van der Waals surface area contributed by atoms with Crippen LogP contribution in [-0.2, 0) is 10.0 Å². The third-order valence-corrected chi connectivity index (χ3v) is 4.62. The van der Waals surface area contributed by atoms with Gasteiger partial charge in [-0.2, -0.15) is 11.8 Å². The lowest BCUT2D eigenvalue weighted by Crippen LogP contribution is -2.26. The van der Waals surface area contributed by atoms with E-state index in [2.05, 4.69) is 16.6 Å². The van der Waals surface area contributed by atoms with Crippen molar-refractivity contribution in [2.75, 3.05) is 32.3 Å². The summed E-state index contributed by atoms with van der Waals surface area (Å²) in [5, 5.41) is 8.70. The van der Waals surface area contributed by atoms with Crippen molar-refractivity contribution in [2.24, 2.45) is 0 Å². The molecule has 21 heavy (non-hydrogen) atoms. The van der Waals surface area contributed by atoms with Crippen LogP contribution < -0.4 is 9.46 Å². The Morgan fingerprint density at radius 3 is 2.81 bits per heavy atom. The average molecular weight is 329 g/mol. The largest absolute Gasteiger partial charge is 0.495 e. The van der Waals surface area contributed by atoms with Crippen LogP contribution in [0.2, 0.25) is 0 Å². The van der Waals surface area contributed by atoms with Crippen molar-refractivity contribution in [2.45, 2.75) is 11.3 Å². The first-order valence-corrected chi connectivity index (χ1v) is 9.19. The predicted molar refractivity (Wildman–Crippen MR) is 85.1 cm³/mol. The Morgan fingerprint density at radius 2 is 2.19 bits per heavy atom. The smallest absolute Gasteiger partial charge is 0.244 e.